The highest BCUT2D eigenvalue weighted by Gasteiger charge is 2.20. The van der Waals surface area contributed by atoms with Crippen LogP contribution in [0.1, 0.15) is 55.7 Å². The van der Waals surface area contributed by atoms with E-state index in [0.717, 1.165) is 17.3 Å². The number of nitrogens with two attached hydrogens (primary N) is 1. The van der Waals surface area contributed by atoms with Gasteiger partial charge in [0.05, 0.1) is 11.3 Å². The number of nitrogens with one attached hydrogen (secondary N) is 4. The average Bonchev–Trinajstić information content (AvgIpc) is 3.08. The predicted octanol–water partition coefficient (Wildman–Crippen LogP) is 3.31. The summed E-state index contributed by atoms with van der Waals surface area (Å²) in [6.07, 6.45) is 2.26. The first-order valence-electron chi connectivity index (χ1n) is 9.58. The molecule has 0 spiro atoms. The molecule has 1 amide bonds. The van der Waals surface area contributed by atoms with Crippen LogP contribution in [0.5, 0.6) is 0 Å². The molecule has 0 aliphatic heterocycles. The van der Waals surface area contributed by atoms with Gasteiger partial charge in [-0.2, -0.15) is 0 Å². The third kappa shape index (κ3) is 4.53. The second-order valence-corrected chi connectivity index (χ2v) is 7.97. The van der Waals surface area contributed by atoms with Gasteiger partial charge in [-0.3, -0.25) is 10.2 Å². The van der Waals surface area contributed by atoms with Gasteiger partial charge in [0.2, 0.25) is 0 Å². The number of carbonyl (C=O) groups is 1. The van der Waals surface area contributed by atoms with Crippen LogP contribution < -0.4 is 16.4 Å². The SMILES string of the molecule is CCCNC(=O)c1cc2ccc(C(=N)c3c(N)ncnc3NC(C)(C)C)cc2[nH]1. The van der Waals surface area contributed by atoms with Crippen molar-refractivity contribution in [3.8, 4) is 0 Å². The minimum Gasteiger partial charge on any atom is -0.383 e. The van der Waals surface area contributed by atoms with E-state index in [1.165, 1.54) is 6.33 Å². The molecule has 6 N–H and O–H groups in total. The third-order valence-electron chi connectivity index (χ3n) is 4.31. The summed E-state index contributed by atoms with van der Waals surface area (Å²) < 4.78 is 0. The molecule has 3 rings (SSSR count). The largest absolute Gasteiger partial charge is 0.383 e. The molecule has 8 nitrogen and oxygen atoms in total. The Kier molecular flexibility index (Phi) is 5.54. The number of nitrogen functional groups attached to an aromatic ring is 1. The van der Waals surface area contributed by atoms with Crippen LogP contribution in [0.15, 0.2) is 30.6 Å². The number of carbonyl (C=O) groups excluding carboxylic acids is 1. The molecule has 3 aromatic rings. The Morgan fingerprint density at radius 3 is 2.69 bits per heavy atom. The van der Waals surface area contributed by atoms with Crippen molar-refractivity contribution in [2.24, 2.45) is 0 Å². The monoisotopic (exact) mass is 393 g/mol. The summed E-state index contributed by atoms with van der Waals surface area (Å²) in [5, 5.41) is 15.8. The molecule has 0 aliphatic carbocycles. The van der Waals surface area contributed by atoms with E-state index in [4.69, 9.17) is 11.1 Å². The highest BCUT2D eigenvalue weighted by Crippen LogP contribution is 2.26. The standard InChI is InChI=1S/C21H27N7O/c1-5-8-24-20(29)15-9-12-6-7-13(10-14(12)27-15)17(22)16-18(23)25-11-26-19(16)28-21(2,3)4/h6-7,9-11,22,27H,5,8H2,1-4H3,(H,24,29)(H3,23,25,26,28). The number of benzene rings is 1. The summed E-state index contributed by atoms with van der Waals surface area (Å²) >= 11 is 0. The number of nitrogens with zero attached hydrogens (tertiary/aromatic N) is 2. The van der Waals surface area contributed by atoms with E-state index in [0.29, 0.717) is 29.2 Å². The molecule has 0 atom stereocenters. The minimum atomic E-state index is -0.250. The van der Waals surface area contributed by atoms with Crippen molar-refractivity contribution in [3.05, 3.63) is 47.4 Å². The number of hydrogen-bond donors (Lipinski definition) is 5. The number of anilines is 2. The fourth-order valence-electron chi connectivity index (χ4n) is 2.98. The molecular weight excluding hydrogens is 366 g/mol. The first-order valence-corrected chi connectivity index (χ1v) is 9.58. The molecule has 0 unspecified atom stereocenters. The number of amides is 1. The van der Waals surface area contributed by atoms with Gasteiger partial charge in [0.15, 0.2) is 0 Å². The van der Waals surface area contributed by atoms with Crippen molar-refractivity contribution in [2.45, 2.75) is 39.7 Å². The smallest absolute Gasteiger partial charge is 0.267 e. The quantitative estimate of drug-likeness (QED) is 0.410. The van der Waals surface area contributed by atoms with E-state index in [1.54, 1.807) is 6.07 Å². The zero-order chi connectivity index (χ0) is 21.2. The number of fused-ring (bicyclic) bond motifs is 1. The van der Waals surface area contributed by atoms with E-state index >= 15 is 0 Å². The van der Waals surface area contributed by atoms with Crippen molar-refractivity contribution in [3.63, 3.8) is 0 Å². The van der Waals surface area contributed by atoms with E-state index in [-0.39, 0.29) is 23.0 Å². The van der Waals surface area contributed by atoms with Crippen molar-refractivity contribution in [1.29, 1.82) is 5.41 Å². The van der Waals surface area contributed by atoms with Gasteiger partial charge in [0.1, 0.15) is 23.7 Å². The highest BCUT2D eigenvalue weighted by atomic mass is 16.1. The topological polar surface area (TPSA) is 133 Å². The maximum atomic E-state index is 12.2. The van der Waals surface area contributed by atoms with Crippen molar-refractivity contribution >= 4 is 34.2 Å². The van der Waals surface area contributed by atoms with Gasteiger partial charge in [-0.15, -0.1) is 0 Å². The van der Waals surface area contributed by atoms with Crippen LogP contribution in [0.4, 0.5) is 11.6 Å². The zero-order valence-corrected chi connectivity index (χ0v) is 17.2. The van der Waals surface area contributed by atoms with Crippen molar-refractivity contribution in [2.75, 3.05) is 17.6 Å². The molecule has 8 heteroatoms. The Bertz CT molecular complexity index is 1060. The maximum Gasteiger partial charge on any atom is 0.267 e. The third-order valence-corrected chi connectivity index (χ3v) is 4.31. The van der Waals surface area contributed by atoms with Gasteiger partial charge >= 0.3 is 0 Å². The molecule has 1 aromatic carbocycles. The lowest BCUT2D eigenvalue weighted by atomic mass is 10.0. The van der Waals surface area contributed by atoms with Gasteiger partial charge in [0, 0.05) is 28.6 Å². The van der Waals surface area contributed by atoms with Crippen LogP contribution in [0, 0.1) is 5.41 Å². The van der Waals surface area contributed by atoms with Crippen LogP contribution in [0.3, 0.4) is 0 Å². The van der Waals surface area contributed by atoms with Gasteiger partial charge in [-0.05, 0) is 39.3 Å². The number of aromatic nitrogens is 3. The van der Waals surface area contributed by atoms with Gasteiger partial charge in [0.25, 0.3) is 5.91 Å². The van der Waals surface area contributed by atoms with E-state index in [2.05, 4.69) is 25.6 Å². The van der Waals surface area contributed by atoms with E-state index in [9.17, 15) is 4.79 Å². The second kappa shape index (κ2) is 7.90. The van der Waals surface area contributed by atoms with E-state index < -0.39 is 0 Å². The summed E-state index contributed by atoms with van der Waals surface area (Å²) in [4.78, 5) is 23.7. The molecule has 2 aromatic heterocycles. The van der Waals surface area contributed by atoms with Crippen LogP contribution >= 0.6 is 0 Å². The lowest BCUT2D eigenvalue weighted by Crippen LogP contribution is -2.28. The summed E-state index contributed by atoms with van der Waals surface area (Å²) in [6.45, 7) is 8.66. The summed E-state index contributed by atoms with van der Waals surface area (Å²) in [5.74, 6) is 0.612. The fourth-order valence-corrected chi connectivity index (χ4v) is 2.98. The van der Waals surface area contributed by atoms with Gasteiger partial charge < -0.3 is 21.4 Å². The molecule has 0 saturated heterocycles. The Morgan fingerprint density at radius 1 is 1.24 bits per heavy atom. The number of hydrogen-bond acceptors (Lipinski definition) is 6. The first kappa shape index (κ1) is 20.3. The molecule has 0 radical (unpaired) electrons. The van der Waals surface area contributed by atoms with Gasteiger partial charge in [-0.25, -0.2) is 9.97 Å². The number of H-pyrrole nitrogens is 1. The van der Waals surface area contributed by atoms with Crippen LogP contribution in [-0.2, 0) is 0 Å². The summed E-state index contributed by atoms with van der Waals surface area (Å²) in [7, 11) is 0. The Balaban J connectivity index is 1.97. The van der Waals surface area contributed by atoms with Crippen LogP contribution in [-0.4, -0.2) is 38.7 Å². The highest BCUT2D eigenvalue weighted by molar-refractivity contribution is 6.17. The molecular formula is C21H27N7O. The lowest BCUT2D eigenvalue weighted by Gasteiger charge is -2.23. The van der Waals surface area contributed by atoms with Gasteiger partial charge in [-0.1, -0.05) is 19.1 Å². The van der Waals surface area contributed by atoms with Crippen molar-refractivity contribution < 1.29 is 4.79 Å². The molecule has 29 heavy (non-hydrogen) atoms. The predicted molar refractivity (Wildman–Crippen MR) is 117 cm³/mol. The molecule has 152 valence electrons. The van der Waals surface area contributed by atoms with Crippen LogP contribution in [0.2, 0.25) is 0 Å². The molecule has 2 heterocycles. The minimum absolute atomic E-state index is 0.142. The maximum absolute atomic E-state index is 12.2. The number of rotatable bonds is 6. The average molecular weight is 393 g/mol. The zero-order valence-electron chi connectivity index (χ0n) is 17.2. The summed E-state index contributed by atoms with van der Waals surface area (Å²) in [5.41, 5.74) is 8.42. The second-order valence-electron chi connectivity index (χ2n) is 7.97. The Morgan fingerprint density at radius 2 is 2.00 bits per heavy atom. The fraction of sp³-hybridized carbons (Fsp3) is 0.333. The molecule has 0 bridgehead atoms. The molecule has 0 fully saturated rings. The lowest BCUT2D eigenvalue weighted by molar-refractivity contribution is 0.0949. The van der Waals surface area contributed by atoms with Crippen LogP contribution in [0.25, 0.3) is 10.9 Å². The Hall–Kier alpha value is -3.42. The van der Waals surface area contributed by atoms with E-state index in [1.807, 2.05) is 45.9 Å². The number of aromatic amines is 1. The Labute approximate surface area is 169 Å². The first-order chi connectivity index (χ1) is 13.7. The summed E-state index contributed by atoms with van der Waals surface area (Å²) in [6, 6.07) is 7.35. The van der Waals surface area contributed by atoms with Crippen molar-refractivity contribution in [1.82, 2.24) is 20.3 Å². The normalized spacial score (nSPS) is 11.4. The molecule has 0 aliphatic rings. The molecule has 0 saturated carbocycles.